The molecular weight excluding hydrogens is 387 g/mol. The number of fused-ring (bicyclic) bond motifs is 1. The highest BCUT2D eigenvalue weighted by Crippen LogP contribution is 2.34. The van der Waals surface area contributed by atoms with Crippen LogP contribution in [0.25, 0.3) is 5.70 Å². The van der Waals surface area contributed by atoms with E-state index >= 15 is 0 Å². The van der Waals surface area contributed by atoms with Crippen molar-refractivity contribution >= 4 is 17.3 Å². The number of tetrazole rings is 1. The monoisotopic (exact) mass is 408 g/mol. The number of halogens is 1. The Hall–Kier alpha value is -3.46. The average Bonchev–Trinajstić information content (AvgIpc) is 3.28. The summed E-state index contributed by atoms with van der Waals surface area (Å²) in [5, 5.41) is 15.2. The molecule has 3 aromatic rings. The van der Waals surface area contributed by atoms with E-state index in [2.05, 4.69) is 20.8 Å². The molecule has 8 nitrogen and oxygen atoms in total. The molecule has 30 heavy (non-hydrogen) atoms. The van der Waals surface area contributed by atoms with Crippen molar-refractivity contribution < 1.29 is 13.9 Å². The molecule has 0 spiro atoms. The predicted octanol–water partition coefficient (Wildman–Crippen LogP) is 2.71. The van der Waals surface area contributed by atoms with Gasteiger partial charge in [-0.25, -0.2) is 4.39 Å². The molecule has 1 aromatic heterocycles. The normalized spacial score (nSPS) is 18.4. The standard InChI is InChI=1S/C21H21FN6O2/c1-29-16-4-2-3-15(11-16)20-13-18(23-21-24-25-26-28(20)21)14-5-6-19(17(22)12-14)27-7-9-30-10-8-27/h2-6,11-13,20H,7-10H2,1H3,(H,23,24,26). The van der Waals surface area contributed by atoms with Gasteiger partial charge in [-0.05, 0) is 46.3 Å². The SMILES string of the molecule is COc1cccc(C2C=C(c3ccc(N4CCOCC4)c(F)c3)Nc3nnnn32)c1. The molecule has 3 heterocycles. The van der Waals surface area contributed by atoms with Gasteiger partial charge in [0.15, 0.2) is 0 Å². The predicted molar refractivity (Wildman–Crippen MR) is 110 cm³/mol. The Bertz CT molecular complexity index is 1090. The van der Waals surface area contributed by atoms with E-state index in [9.17, 15) is 4.39 Å². The molecule has 1 fully saturated rings. The lowest BCUT2D eigenvalue weighted by atomic mass is 10.0. The van der Waals surface area contributed by atoms with Crippen LogP contribution in [0.4, 0.5) is 16.0 Å². The molecule has 0 radical (unpaired) electrons. The number of nitrogens with one attached hydrogen (secondary N) is 1. The van der Waals surface area contributed by atoms with Crippen molar-refractivity contribution in [3.05, 3.63) is 65.5 Å². The third-order valence-corrected chi connectivity index (χ3v) is 5.37. The van der Waals surface area contributed by atoms with E-state index < -0.39 is 0 Å². The van der Waals surface area contributed by atoms with Crippen LogP contribution in [0.3, 0.4) is 0 Å². The summed E-state index contributed by atoms with van der Waals surface area (Å²) in [6.45, 7) is 2.59. The van der Waals surface area contributed by atoms with Crippen LogP contribution in [0, 0.1) is 5.82 Å². The number of allylic oxidation sites excluding steroid dienone is 1. The van der Waals surface area contributed by atoms with Crippen molar-refractivity contribution in [2.75, 3.05) is 43.6 Å². The lowest BCUT2D eigenvalue weighted by Crippen LogP contribution is -2.36. The zero-order valence-corrected chi connectivity index (χ0v) is 16.5. The second-order valence-corrected chi connectivity index (χ2v) is 7.14. The first-order chi connectivity index (χ1) is 14.7. The zero-order valence-electron chi connectivity index (χ0n) is 16.5. The second kappa shape index (κ2) is 7.75. The van der Waals surface area contributed by atoms with Gasteiger partial charge in [0.1, 0.15) is 17.6 Å². The fourth-order valence-corrected chi connectivity index (χ4v) is 3.82. The number of hydrogen-bond donors (Lipinski definition) is 1. The second-order valence-electron chi connectivity index (χ2n) is 7.14. The Morgan fingerprint density at radius 2 is 2.03 bits per heavy atom. The molecular formula is C21H21FN6O2. The van der Waals surface area contributed by atoms with Crippen molar-refractivity contribution in [1.29, 1.82) is 0 Å². The maximum absolute atomic E-state index is 14.9. The number of hydrogen-bond acceptors (Lipinski definition) is 7. The summed E-state index contributed by atoms with van der Waals surface area (Å²) in [5.74, 6) is 0.981. The highest BCUT2D eigenvalue weighted by Gasteiger charge is 2.25. The molecule has 0 saturated carbocycles. The van der Waals surface area contributed by atoms with Crippen LogP contribution in [-0.4, -0.2) is 53.6 Å². The number of methoxy groups -OCH3 is 1. The molecule has 1 N–H and O–H groups in total. The number of rotatable bonds is 4. The summed E-state index contributed by atoms with van der Waals surface area (Å²) in [5.41, 5.74) is 3.03. The van der Waals surface area contributed by atoms with Crippen LogP contribution in [0.15, 0.2) is 48.5 Å². The van der Waals surface area contributed by atoms with Gasteiger partial charge in [-0.3, -0.25) is 0 Å². The first-order valence-electron chi connectivity index (χ1n) is 9.76. The molecule has 1 saturated heterocycles. The molecule has 5 rings (SSSR count). The summed E-state index contributed by atoms with van der Waals surface area (Å²) in [6.07, 6.45) is 1.99. The van der Waals surface area contributed by atoms with Gasteiger partial charge < -0.3 is 19.7 Å². The molecule has 1 unspecified atom stereocenters. The van der Waals surface area contributed by atoms with E-state index in [4.69, 9.17) is 9.47 Å². The Morgan fingerprint density at radius 1 is 1.17 bits per heavy atom. The molecule has 9 heteroatoms. The van der Waals surface area contributed by atoms with E-state index in [1.807, 2.05) is 47.4 Å². The van der Waals surface area contributed by atoms with E-state index in [-0.39, 0.29) is 11.9 Å². The van der Waals surface area contributed by atoms with Gasteiger partial charge in [0.2, 0.25) is 5.95 Å². The highest BCUT2D eigenvalue weighted by atomic mass is 19.1. The minimum atomic E-state index is -0.264. The van der Waals surface area contributed by atoms with Crippen molar-refractivity contribution in [1.82, 2.24) is 20.2 Å². The fraction of sp³-hybridized carbons (Fsp3) is 0.286. The van der Waals surface area contributed by atoms with Crippen molar-refractivity contribution in [3.63, 3.8) is 0 Å². The van der Waals surface area contributed by atoms with Gasteiger partial charge in [-0.1, -0.05) is 23.3 Å². The molecule has 0 bridgehead atoms. The maximum atomic E-state index is 14.9. The maximum Gasteiger partial charge on any atom is 0.248 e. The van der Waals surface area contributed by atoms with Crippen molar-refractivity contribution in [2.24, 2.45) is 0 Å². The van der Waals surface area contributed by atoms with Gasteiger partial charge >= 0.3 is 0 Å². The minimum absolute atomic E-state index is 0.247. The Balaban J connectivity index is 1.50. The third kappa shape index (κ3) is 3.37. The van der Waals surface area contributed by atoms with E-state index in [0.29, 0.717) is 37.9 Å². The molecule has 1 atom stereocenters. The summed E-state index contributed by atoms with van der Waals surface area (Å²) in [7, 11) is 1.63. The molecule has 0 aliphatic carbocycles. The van der Waals surface area contributed by atoms with Crippen LogP contribution in [0.1, 0.15) is 17.2 Å². The Morgan fingerprint density at radius 3 is 2.83 bits per heavy atom. The summed E-state index contributed by atoms with van der Waals surface area (Å²) >= 11 is 0. The highest BCUT2D eigenvalue weighted by molar-refractivity contribution is 5.78. The topological polar surface area (TPSA) is 77.3 Å². The van der Waals surface area contributed by atoms with Crippen LogP contribution in [-0.2, 0) is 4.74 Å². The van der Waals surface area contributed by atoms with Crippen molar-refractivity contribution in [3.8, 4) is 5.75 Å². The molecule has 2 aromatic carbocycles. The Labute approximate surface area is 172 Å². The summed E-state index contributed by atoms with van der Waals surface area (Å²) < 4.78 is 27.4. The van der Waals surface area contributed by atoms with Crippen LogP contribution < -0.4 is 15.0 Å². The number of anilines is 2. The van der Waals surface area contributed by atoms with Gasteiger partial charge in [0, 0.05) is 24.4 Å². The first-order valence-corrected chi connectivity index (χ1v) is 9.76. The number of benzene rings is 2. The molecule has 0 amide bonds. The van der Waals surface area contributed by atoms with E-state index in [0.717, 1.165) is 22.6 Å². The average molecular weight is 408 g/mol. The molecule has 2 aliphatic heterocycles. The first kappa shape index (κ1) is 18.6. The minimum Gasteiger partial charge on any atom is -0.497 e. The lowest BCUT2D eigenvalue weighted by molar-refractivity contribution is 0.122. The number of aromatic nitrogens is 4. The van der Waals surface area contributed by atoms with E-state index in [1.165, 1.54) is 0 Å². The Kier molecular flexibility index (Phi) is 4.80. The van der Waals surface area contributed by atoms with Gasteiger partial charge in [-0.2, -0.15) is 4.68 Å². The quantitative estimate of drug-likeness (QED) is 0.711. The number of ether oxygens (including phenoxy) is 2. The lowest BCUT2D eigenvalue weighted by Gasteiger charge is -2.29. The van der Waals surface area contributed by atoms with Crippen LogP contribution in [0.5, 0.6) is 5.75 Å². The zero-order chi connectivity index (χ0) is 20.5. The van der Waals surface area contributed by atoms with Gasteiger partial charge in [0.05, 0.1) is 26.0 Å². The van der Waals surface area contributed by atoms with E-state index in [1.54, 1.807) is 17.9 Å². The van der Waals surface area contributed by atoms with Crippen molar-refractivity contribution in [2.45, 2.75) is 6.04 Å². The van der Waals surface area contributed by atoms with Gasteiger partial charge in [-0.15, -0.1) is 0 Å². The molecule has 2 aliphatic rings. The smallest absolute Gasteiger partial charge is 0.248 e. The number of morpholine rings is 1. The molecule has 154 valence electrons. The third-order valence-electron chi connectivity index (χ3n) is 5.37. The van der Waals surface area contributed by atoms with Crippen LogP contribution in [0.2, 0.25) is 0 Å². The number of nitrogens with zero attached hydrogens (tertiary/aromatic N) is 5. The summed E-state index contributed by atoms with van der Waals surface area (Å²) in [4.78, 5) is 2.00. The fourth-order valence-electron chi connectivity index (χ4n) is 3.82. The summed E-state index contributed by atoms with van der Waals surface area (Å²) in [6, 6.07) is 12.8. The van der Waals surface area contributed by atoms with Crippen LogP contribution >= 0.6 is 0 Å². The largest absolute Gasteiger partial charge is 0.497 e. The van der Waals surface area contributed by atoms with Gasteiger partial charge in [0.25, 0.3) is 0 Å².